The lowest BCUT2D eigenvalue weighted by molar-refractivity contribution is -0.138. The third-order valence-electron chi connectivity index (χ3n) is 5.72. The monoisotopic (exact) mass is 448 g/mol. The average Bonchev–Trinajstić information content (AvgIpc) is 2.77. The Morgan fingerprint density at radius 2 is 2.10 bits per heavy atom. The maximum atomic E-state index is 13.4. The SMILES string of the molecule is CCCC[C@@H](CC)C(=O)N1CCN(c2cc(Oc3ccc(F)c(Cl)c3)ncn2)C[C@H]1C. The molecule has 1 aliphatic rings. The number of benzene rings is 1. The molecule has 2 atom stereocenters. The minimum Gasteiger partial charge on any atom is -0.439 e. The van der Waals surface area contributed by atoms with E-state index in [1.165, 1.54) is 24.5 Å². The molecule has 0 bridgehead atoms. The van der Waals surface area contributed by atoms with Crippen molar-refractivity contribution in [3.05, 3.63) is 41.4 Å². The molecule has 2 heterocycles. The second-order valence-electron chi connectivity index (χ2n) is 7.97. The highest BCUT2D eigenvalue weighted by Crippen LogP contribution is 2.27. The predicted octanol–water partition coefficient (Wildman–Crippen LogP) is 5.31. The molecule has 0 spiro atoms. The molecule has 0 N–H and O–H groups in total. The van der Waals surface area contributed by atoms with E-state index in [2.05, 4.69) is 35.6 Å². The maximum Gasteiger partial charge on any atom is 0.226 e. The van der Waals surface area contributed by atoms with E-state index in [4.69, 9.17) is 16.3 Å². The number of rotatable bonds is 8. The number of piperazine rings is 1. The van der Waals surface area contributed by atoms with Crippen molar-refractivity contribution >= 4 is 23.3 Å². The molecule has 31 heavy (non-hydrogen) atoms. The van der Waals surface area contributed by atoms with Crippen LogP contribution in [0.4, 0.5) is 10.2 Å². The second-order valence-corrected chi connectivity index (χ2v) is 8.37. The Balaban J connectivity index is 1.65. The molecule has 3 rings (SSSR count). The lowest BCUT2D eigenvalue weighted by Crippen LogP contribution is -2.55. The number of unbranched alkanes of at least 4 members (excludes halogenated alkanes) is 1. The summed E-state index contributed by atoms with van der Waals surface area (Å²) in [5.41, 5.74) is 0. The van der Waals surface area contributed by atoms with Gasteiger partial charge in [0.25, 0.3) is 0 Å². The Kier molecular flexibility index (Phi) is 8.07. The smallest absolute Gasteiger partial charge is 0.226 e. The first kappa shape index (κ1) is 23.3. The lowest BCUT2D eigenvalue weighted by atomic mass is 9.96. The molecule has 168 valence electrons. The number of amides is 1. The number of carbonyl (C=O) groups excluding carboxylic acids is 1. The Morgan fingerprint density at radius 3 is 2.77 bits per heavy atom. The average molecular weight is 449 g/mol. The topological polar surface area (TPSA) is 58.6 Å². The molecule has 1 aromatic carbocycles. The molecule has 2 aromatic rings. The van der Waals surface area contributed by atoms with Crippen molar-refractivity contribution in [3.63, 3.8) is 0 Å². The minimum atomic E-state index is -0.501. The number of halogens is 2. The van der Waals surface area contributed by atoms with Crippen molar-refractivity contribution in [3.8, 4) is 11.6 Å². The highest BCUT2D eigenvalue weighted by atomic mass is 35.5. The molecule has 1 aliphatic heterocycles. The Labute approximate surface area is 188 Å². The molecular weight excluding hydrogens is 419 g/mol. The van der Waals surface area contributed by atoms with Gasteiger partial charge in [0.1, 0.15) is 23.7 Å². The van der Waals surface area contributed by atoms with Gasteiger partial charge < -0.3 is 14.5 Å². The molecule has 8 heteroatoms. The summed E-state index contributed by atoms with van der Waals surface area (Å²) in [6.07, 6.45) is 5.47. The van der Waals surface area contributed by atoms with E-state index in [0.717, 1.165) is 31.5 Å². The van der Waals surface area contributed by atoms with Crippen LogP contribution in [0.1, 0.15) is 46.5 Å². The van der Waals surface area contributed by atoms with Gasteiger partial charge >= 0.3 is 0 Å². The molecule has 0 aliphatic carbocycles. The van der Waals surface area contributed by atoms with Crippen LogP contribution in [0, 0.1) is 11.7 Å². The third-order valence-corrected chi connectivity index (χ3v) is 6.01. The first-order valence-electron chi connectivity index (χ1n) is 10.9. The molecule has 1 fully saturated rings. The fourth-order valence-corrected chi connectivity index (χ4v) is 4.07. The number of hydrogen-bond acceptors (Lipinski definition) is 5. The summed E-state index contributed by atoms with van der Waals surface area (Å²) in [6.45, 7) is 8.37. The Hall–Kier alpha value is -2.41. The fraction of sp³-hybridized carbons (Fsp3) is 0.522. The van der Waals surface area contributed by atoms with Crippen LogP contribution in [-0.4, -0.2) is 46.5 Å². The maximum absolute atomic E-state index is 13.4. The van der Waals surface area contributed by atoms with Crippen LogP contribution in [0.25, 0.3) is 0 Å². The zero-order valence-electron chi connectivity index (χ0n) is 18.4. The quantitative estimate of drug-likeness (QED) is 0.547. The first-order chi connectivity index (χ1) is 14.9. The molecule has 0 unspecified atom stereocenters. The highest BCUT2D eigenvalue weighted by molar-refractivity contribution is 6.30. The van der Waals surface area contributed by atoms with Gasteiger partial charge in [-0.3, -0.25) is 4.79 Å². The Bertz CT molecular complexity index is 898. The van der Waals surface area contributed by atoms with Gasteiger partial charge in [-0.1, -0.05) is 38.3 Å². The molecule has 0 saturated carbocycles. The minimum absolute atomic E-state index is 0.00860. The van der Waals surface area contributed by atoms with Crippen LogP contribution < -0.4 is 9.64 Å². The van der Waals surface area contributed by atoms with Gasteiger partial charge in [0.15, 0.2) is 0 Å². The van der Waals surface area contributed by atoms with Gasteiger partial charge in [0.2, 0.25) is 11.8 Å². The van der Waals surface area contributed by atoms with Crippen molar-refractivity contribution in [2.24, 2.45) is 5.92 Å². The summed E-state index contributed by atoms with van der Waals surface area (Å²) in [5.74, 6) is 1.36. The number of nitrogens with zero attached hydrogens (tertiary/aromatic N) is 4. The summed E-state index contributed by atoms with van der Waals surface area (Å²) in [7, 11) is 0. The Morgan fingerprint density at radius 1 is 1.29 bits per heavy atom. The van der Waals surface area contributed by atoms with Crippen molar-refractivity contribution < 1.29 is 13.9 Å². The summed E-state index contributed by atoms with van der Waals surface area (Å²) in [6, 6.07) is 6.00. The summed E-state index contributed by atoms with van der Waals surface area (Å²) < 4.78 is 19.1. The van der Waals surface area contributed by atoms with Crippen LogP contribution in [0.15, 0.2) is 30.6 Å². The molecule has 1 amide bonds. The lowest BCUT2D eigenvalue weighted by Gasteiger charge is -2.41. The van der Waals surface area contributed by atoms with Gasteiger partial charge in [-0.25, -0.2) is 14.4 Å². The molecule has 1 aromatic heterocycles. The van der Waals surface area contributed by atoms with Crippen molar-refractivity contribution in [2.45, 2.75) is 52.5 Å². The van der Waals surface area contributed by atoms with E-state index in [0.29, 0.717) is 31.3 Å². The van der Waals surface area contributed by atoms with Gasteiger partial charge in [-0.05, 0) is 31.9 Å². The number of anilines is 1. The van der Waals surface area contributed by atoms with E-state index >= 15 is 0 Å². The highest BCUT2D eigenvalue weighted by Gasteiger charge is 2.31. The number of carbonyl (C=O) groups is 1. The van der Waals surface area contributed by atoms with Crippen LogP contribution >= 0.6 is 11.6 Å². The van der Waals surface area contributed by atoms with Gasteiger partial charge in [-0.2, -0.15) is 0 Å². The van der Waals surface area contributed by atoms with Gasteiger partial charge in [0, 0.05) is 43.7 Å². The predicted molar refractivity (Wildman–Crippen MR) is 120 cm³/mol. The van der Waals surface area contributed by atoms with E-state index in [1.807, 2.05) is 4.90 Å². The van der Waals surface area contributed by atoms with Crippen LogP contribution in [-0.2, 0) is 4.79 Å². The third kappa shape index (κ3) is 5.85. The standard InChI is InChI=1S/C23H30ClFN4O2/c1-4-6-7-17(5-2)23(30)29-11-10-28(14-16(29)3)21-13-22(27-15-26-21)31-18-8-9-20(25)19(24)12-18/h8-9,12-13,15-17H,4-7,10-11,14H2,1-3H3/t16-,17-/m1/s1. The number of ether oxygens (including phenoxy) is 1. The molecule has 0 radical (unpaired) electrons. The van der Waals surface area contributed by atoms with E-state index in [1.54, 1.807) is 6.07 Å². The van der Waals surface area contributed by atoms with E-state index in [-0.39, 0.29) is 22.9 Å². The van der Waals surface area contributed by atoms with Crippen molar-refractivity contribution in [2.75, 3.05) is 24.5 Å². The van der Waals surface area contributed by atoms with Gasteiger partial charge in [-0.15, -0.1) is 0 Å². The van der Waals surface area contributed by atoms with Crippen LogP contribution in [0.2, 0.25) is 5.02 Å². The van der Waals surface area contributed by atoms with E-state index < -0.39 is 5.82 Å². The molecule has 6 nitrogen and oxygen atoms in total. The number of hydrogen-bond donors (Lipinski definition) is 0. The summed E-state index contributed by atoms with van der Waals surface area (Å²) in [4.78, 5) is 25.7. The number of aromatic nitrogens is 2. The largest absolute Gasteiger partial charge is 0.439 e. The zero-order chi connectivity index (χ0) is 22.4. The first-order valence-corrected chi connectivity index (χ1v) is 11.3. The van der Waals surface area contributed by atoms with Crippen LogP contribution in [0.3, 0.4) is 0 Å². The van der Waals surface area contributed by atoms with Crippen LogP contribution in [0.5, 0.6) is 11.6 Å². The van der Waals surface area contributed by atoms with E-state index in [9.17, 15) is 9.18 Å². The summed E-state index contributed by atoms with van der Waals surface area (Å²) in [5, 5.41) is -0.00860. The molecular formula is C23H30ClFN4O2. The second kappa shape index (κ2) is 10.8. The van der Waals surface area contributed by atoms with Crippen molar-refractivity contribution in [1.29, 1.82) is 0 Å². The normalized spacial score (nSPS) is 17.5. The molecule has 1 saturated heterocycles. The van der Waals surface area contributed by atoms with Crippen molar-refractivity contribution in [1.82, 2.24) is 14.9 Å². The van der Waals surface area contributed by atoms with Gasteiger partial charge in [0.05, 0.1) is 5.02 Å². The summed E-state index contributed by atoms with van der Waals surface area (Å²) >= 11 is 5.82. The fourth-order valence-electron chi connectivity index (χ4n) is 3.90. The zero-order valence-corrected chi connectivity index (χ0v) is 19.1.